The SMILES string of the molecule is CCN(Cc1ccc([Si](C)(C)C)cc1)c1ccc(F)cc1. The van der Waals surface area contributed by atoms with Crippen molar-refractivity contribution in [2.45, 2.75) is 33.1 Å². The lowest BCUT2D eigenvalue weighted by Crippen LogP contribution is -2.37. The zero-order valence-corrected chi connectivity index (χ0v) is 14.4. The molecule has 0 saturated carbocycles. The van der Waals surface area contributed by atoms with Gasteiger partial charge < -0.3 is 4.90 Å². The molecule has 0 heterocycles. The minimum Gasteiger partial charge on any atom is -0.367 e. The van der Waals surface area contributed by atoms with Crippen molar-refractivity contribution in [3.05, 3.63) is 59.9 Å². The molecule has 2 aromatic carbocycles. The minimum atomic E-state index is -1.23. The van der Waals surface area contributed by atoms with Crippen molar-refractivity contribution in [1.82, 2.24) is 0 Å². The summed E-state index contributed by atoms with van der Waals surface area (Å²) < 4.78 is 13.0. The van der Waals surface area contributed by atoms with E-state index in [9.17, 15) is 4.39 Å². The molecule has 0 aliphatic rings. The molecule has 0 fully saturated rings. The molecule has 3 heteroatoms. The van der Waals surface area contributed by atoms with Crippen molar-refractivity contribution in [2.24, 2.45) is 0 Å². The normalized spacial score (nSPS) is 11.5. The summed E-state index contributed by atoms with van der Waals surface area (Å²) >= 11 is 0. The van der Waals surface area contributed by atoms with Crippen LogP contribution in [0.15, 0.2) is 48.5 Å². The predicted octanol–water partition coefficient (Wildman–Crippen LogP) is 4.40. The number of anilines is 1. The average Bonchev–Trinajstić information content (AvgIpc) is 2.45. The zero-order valence-electron chi connectivity index (χ0n) is 13.4. The van der Waals surface area contributed by atoms with Gasteiger partial charge in [0.1, 0.15) is 5.82 Å². The molecule has 112 valence electrons. The molecule has 0 aliphatic carbocycles. The highest BCUT2D eigenvalue weighted by molar-refractivity contribution is 6.88. The summed E-state index contributed by atoms with van der Waals surface area (Å²) in [5.41, 5.74) is 2.36. The summed E-state index contributed by atoms with van der Waals surface area (Å²) in [5, 5.41) is 1.48. The zero-order chi connectivity index (χ0) is 15.5. The van der Waals surface area contributed by atoms with Gasteiger partial charge in [-0.25, -0.2) is 4.39 Å². The van der Waals surface area contributed by atoms with E-state index in [0.717, 1.165) is 18.8 Å². The Bertz CT molecular complexity index is 570. The smallest absolute Gasteiger partial charge is 0.123 e. The van der Waals surface area contributed by atoms with Crippen LogP contribution < -0.4 is 10.1 Å². The molecule has 0 N–H and O–H groups in total. The second-order valence-corrected chi connectivity index (χ2v) is 11.5. The van der Waals surface area contributed by atoms with Gasteiger partial charge in [-0.15, -0.1) is 0 Å². The third-order valence-electron chi connectivity index (χ3n) is 3.77. The highest BCUT2D eigenvalue weighted by Crippen LogP contribution is 2.17. The average molecular weight is 301 g/mol. The van der Waals surface area contributed by atoms with Gasteiger partial charge in [-0.05, 0) is 36.8 Å². The van der Waals surface area contributed by atoms with Crippen LogP contribution in [0.25, 0.3) is 0 Å². The lowest BCUT2D eigenvalue weighted by atomic mass is 10.2. The van der Waals surface area contributed by atoms with Crippen LogP contribution in [0.4, 0.5) is 10.1 Å². The van der Waals surface area contributed by atoms with E-state index in [4.69, 9.17) is 0 Å². The van der Waals surface area contributed by atoms with Crippen molar-refractivity contribution >= 4 is 18.9 Å². The van der Waals surface area contributed by atoms with E-state index in [-0.39, 0.29) is 5.82 Å². The summed E-state index contributed by atoms with van der Waals surface area (Å²) in [5.74, 6) is -0.186. The van der Waals surface area contributed by atoms with Gasteiger partial charge in [0.05, 0.1) is 8.07 Å². The van der Waals surface area contributed by atoms with Gasteiger partial charge in [0.2, 0.25) is 0 Å². The molecule has 0 aliphatic heterocycles. The van der Waals surface area contributed by atoms with Gasteiger partial charge in [-0.1, -0.05) is 49.1 Å². The van der Waals surface area contributed by atoms with Gasteiger partial charge in [0.15, 0.2) is 0 Å². The van der Waals surface area contributed by atoms with Crippen LogP contribution in [-0.2, 0) is 6.54 Å². The van der Waals surface area contributed by atoms with E-state index in [2.05, 4.69) is 55.7 Å². The van der Waals surface area contributed by atoms with Crippen LogP contribution in [0.5, 0.6) is 0 Å². The molecule has 1 nitrogen and oxygen atoms in total. The van der Waals surface area contributed by atoms with E-state index in [0.29, 0.717) is 0 Å². The number of halogens is 1. The lowest BCUT2D eigenvalue weighted by molar-refractivity contribution is 0.627. The first kappa shape index (κ1) is 15.8. The molecule has 2 aromatic rings. The quantitative estimate of drug-likeness (QED) is 0.740. The molecule has 0 atom stereocenters. The fourth-order valence-electron chi connectivity index (χ4n) is 2.37. The van der Waals surface area contributed by atoms with E-state index >= 15 is 0 Å². The fraction of sp³-hybridized carbons (Fsp3) is 0.333. The highest BCUT2D eigenvalue weighted by atomic mass is 28.3. The number of nitrogens with zero attached hydrogens (tertiary/aromatic N) is 1. The molecule has 0 spiro atoms. The Hall–Kier alpha value is -1.61. The summed E-state index contributed by atoms with van der Waals surface area (Å²) in [4.78, 5) is 2.25. The Morgan fingerprint density at radius 3 is 1.95 bits per heavy atom. The molecular weight excluding hydrogens is 277 g/mol. The minimum absolute atomic E-state index is 0.186. The Morgan fingerprint density at radius 1 is 0.905 bits per heavy atom. The summed E-state index contributed by atoms with van der Waals surface area (Å²) in [6.07, 6.45) is 0. The Kier molecular flexibility index (Phi) is 4.83. The maximum atomic E-state index is 13.0. The largest absolute Gasteiger partial charge is 0.367 e. The summed E-state index contributed by atoms with van der Waals surface area (Å²) in [7, 11) is -1.23. The molecular formula is C18H24FNSi. The molecule has 0 unspecified atom stereocenters. The standard InChI is InChI=1S/C18H24FNSi/c1-5-20(17-10-8-16(19)9-11-17)14-15-6-12-18(13-7-15)21(2,3)4/h6-13H,5,14H2,1-4H3. The van der Waals surface area contributed by atoms with E-state index in [1.165, 1.54) is 22.9 Å². The predicted molar refractivity (Wildman–Crippen MR) is 92.5 cm³/mol. The van der Waals surface area contributed by atoms with Gasteiger partial charge >= 0.3 is 0 Å². The second-order valence-electron chi connectivity index (χ2n) is 6.44. The van der Waals surface area contributed by atoms with Crippen LogP contribution in [0.1, 0.15) is 12.5 Å². The highest BCUT2D eigenvalue weighted by Gasteiger charge is 2.15. The van der Waals surface area contributed by atoms with E-state index in [1.807, 2.05) is 12.1 Å². The first-order valence-corrected chi connectivity index (χ1v) is 11.0. The van der Waals surface area contributed by atoms with Gasteiger partial charge in [-0.3, -0.25) is 0 Å². The van der Waals surface area contributed by atoms with Gasteiger partial charge in [0.25, 0.3) is 0 Å². The Morgan fingerprint density at radius 2 is 1.48 bits per heavy atom. The second kappa shape index (κ2) is 6.44. The third-order valence-corrected chi connectivity index (χ3v) is 5.83. The van der Waals surface area contributed by atoms with Crippen LogP contribution in [0.3, 0.4) is 0 Å². The van der Waals surface area contributed by atoms with E-state index in [1.54, 1.807) is 0 Å². The summed E-state index contributed by atoms with van der Waals surface area (Å²) in [6.45, 7) is 11.0. The molecule has 0 radical (unpaired) electrons. The van der Waals surface area contributed by atoms with Crippen LogP contribution in [0, 0.1) is 5.82 Å². The maximum Gasteiger partial charge on any atom is 0.123 e. The fourth-order valence-corrected chi connectivity index (χ4v) is 3.53. The van der Waals surface area contributed by atoms with Crippen LogP contribution in [0.2, 0.25) is 19.6 Å². The van der Waals surface area contributed by atoms with Crippen LogP contribution >= 0.6 is 0 Å². The van der Waals surface area contributed by atoms with Crippen molar-refractivity contribution in [1.29, 1.82) is 0 Å². The maximum absolute atomic E-state index is 13.0. The van der Waals surface area contributed by atoms with Crippen molar-refractivity contribution in [3.63, 3.8) is 0 Å². The lowest BCUT2D eigenvalue weighted by Gasteiger charge is -2.24. The first-order chi connectivity index (χ1) is 9.90. The Labute approximate surface area is 128 Å². The first-order valence-electron chi connectivity index (χ1n) is 7.50. The van der Waals surface area contributed by atoms with Crippen molar-refractivity contribution < 1.29 is 4.39 Å². The van der Waals surface area contributed by atoms with Crippen molar-refractivity contribution in [3.8, 4) is 0 Å². The molecule has 21 heavy (non-hydrogen) atoms. The topological polar surface area (TPSA) is 3.24 Å². The number of rotatable bonds is 5. The molecule has 0 bridgehead atoms. The molecule has 2 rings (SSSR count). The van der Waals surface area contributed by atoms with E-state index < -0.39 is 8.07 Å². The third kappa shape index (κ3) is 4.18. The molecule has 0 saturated heterocycles. The number of hydrogen-bond donors (Lipinski definition) is 0. The molecule has 0 amide bonds. The summed E-state index contributed by atoms with van der Waals surface area (Å²) in [6, 6.07) is 15.7. The van der Waals surface area contributed by atoms with Crippen molar-refractivity contribution in [2.75, 3.05) is 11.4 Å². The van der Waals surface area contributed by atoms with Gasteiger partial charge in [-0.2, -0.15) is 0 Å². The monoisotopic (exact) mass is 301 g/mol. The van der Waals surface area contributed by atoms with Crippen LogP contribution in [-0.4, -0.2) is 14.6 Å². The molecule has 0 aromatic heterocycles. The number of benzene rings is 2. The number of hydrogen-bond acceptors (Lipinski definition) is 1. The van der Waals surface area contributed by atoms with Gasteiger partial charge in [0, 0.05) is 18.8 Å². The Balaban J connectivity index is 2.13.